The summed E-state index contributed by atoms with van der Waals surface area (Å²) < 4.78 is 29.3. The summed E-state index contributed by atoms with van der Waals surface area (Å²) in [7, 11) is -3.75. The predicted octanol–water partition coefficient (Wildman–Crippen LogP) is 6.52. The Morgan fingerprint density at radius 1 is 0.762 bits per heavy atom. The summed E-state index contributed by atoms with van der Waals surface area (Å²) in [5.41, 5.74) is 3.51. The number of hydrogen-bond donors (Lipinski definition) is 4. The average molecular weight is 678 g/mol. The molecule has 236 valence electrons. The molecule has 0 bridgehead atoms. The number of nitrogens with two attached hydrogens (primary N) is 1. The molecule has 0 saturated heterocycles. The van der Waals surface area contributed by atoms with Gasteiger partial charge >= 0.3 is 0 Å². The smallest absolute Gasteiger partial charge is 0.238 e. The molecule has 3 N–H and O–H groups in total. The fourth-order valence-corrected chi connectivity index (χ4v) is 5.78. The molecule has 0 aliphatic carbocycles. The van der Waals surface area contributed by atoms with Crippen molar-refractivity contribution in [1.29, 1.82) is 0 Å². The Morgan fingerprint density at radius 3 is 2.02 bits per heavy atom. The monoisotopic (exact) mass is 676 g/mol. The first-order valence-electron chi connectivity index (χ1n) is 14.3. The number of thiol groups is 2. The van der Waals surface area contributed by atoms with Crippen LogP contribution >= 0.6 is 50.1 Å². The molecule has 0 atom stereocenters. The number of nitrogens with zero attached hydrogens (tertiary/aromatic N) is 2. The van der Waals surface area contributed by atoms with Crippen LogP contribution in [0.2, 0.25) is 0 Å². The van der Waals surface area contributed by atoms with Crippen molar-refractivity contribution in [2.45, 2.75) is 56.3 Å². The van der Waals surface area contributed by atoms with E-state index in [0.29, 0.717) is 0 Å². The molecule has 0 fully saturated rings. The Morgan fingerprint density at radius 2 is 1.40 bits per heavy atom. The number of rotatable bonds is 20. The van der Waals surface area contributed by atoms with E-state index < -0.39 is 10.0 Å². The molecule has 1 aromatic heterocycles. The van der Waals surface area contributed by atoms with E-state index in [1.54, 1.807) is 12.1 Å². The summed E-state index contributed by atoms with van der Waals surface area (Å²) in [6.45, 7) is 5.21. The van der Waals surface area contributed by atoms with Gasteiger partial charge in [0.25, 0.3) is 0 Å². The third kappa shape index (κ3) is 13.2. The first-order chi connectivity index (χ1) is 19.4. The SMILES string of the molecule is Cl.Cl.NS(=O)(=O)c1ccc(-c2c(-c3ccccc3)noc2CCCCCCCCCN(CCS)CCNCCS)cc1. The minimum atomic E-state index is -3.75. The van der Waals surface area contributed by atoms with E-state index >= 15 is 0 Å². The first-order valence-corrected chi connectivity index (χ1v) is 17.1. The van der Waals surface area contributed by atoms with Gasteiger partial charge < -0.3 is 14.7 Å². The number of halogens is 2. The Balaban J connectivity index is 0.00000441. The van der Waals surface area contributed by atoms with Gasteiger partial charge in [0.15, 0.2) is 0 Å². The van der Waals surface area contributed by atoms with E-state index in [1.807, 2.05) is 30.3 Å². The molecule has 3 aromatic rings. The van der Waals surface area contributed by atoms with Gasteiger partial charge in [0, 0.05) is 49.7 Å². The maximum atomic E-state index is 11.7. The van der Waals surface area contributed by atoms with Gasteiger partial charge in [0.05, 0.1) is 10.5 Å². The van der Waals surface area contributed by atoms with E-state index in [-0.39, 0.29) is 29.7 Å². The Bertz CT molecular complexity index is 1230. The number of sulfonamides is 1. The molecule has 0 radical (unpaired) electrons. The van der Waals surface area contributed by atoms with Crippen LogP contribution in [-0.2, 0) is 16.4 Å². The number of aromatic nitrogens is 1. The van der Waals surface area contributed by atoms with E-state index in [1.165, 1.54) is 44.2 Å². The quantitative estimate of drug-likeness (QED) is 0.0803. The molecule has 1 heterocycles. The Kier molecular flexibility index (Phi) is 19.8. The standard InChI is InChI=1S/C30H44N4O3S3.2ClH/c31-40(35,36)27-16-14-25(15-17-27)29-28(37-33-30(29)26-11-7-6-8-12-26)13-9-4-2-1-3-5-10-20-34(22-24-39)21-18-32-19-23-38;;/h6-8,11-12,14-17,32,38-39H,1-5,9-10,13,18-24H2,(H2,31,35,36);2*1H. The predicted molar refractivity (Wildman–Crippen MR) is 186 cm³/mol. The van der Waals surface area contributed by atoms with Crippen LogP contribution in [0.15, 0.2) is 64.0 Å². The zero-order valence-electron chi connectivity index (χ0n) is 24.1. The van der Waals surface area contributed by atoms with Crippen molar-refractivity contribution < 1.29 is 12.9 Å². The molecule has 3 rings (SSSR count). The lowest BCUT2D eigenvalue weighted by Crippen LogP contribution is -2.34. The zero-order chi connectivity index (χ0) is 28.6. The van der Waals surface area contributed by atoms with E-state index in [0.717, 1.165) is 91.6 Å². The molecule has 7 nitrogen and oxygen atoms in total. The van der Waals surface area contributed by atoms with Gasteiger partial charge in [0.1, 0.15) is 11.5 Å². The van der Waals surface area contributed by atoms with Crippen LogP contribution in [0, 0.1) is 0 Å². The second-order valence-electron chi connectivity index (χ2n) is 10.0. The number of hydrogen-bond acceptors (Lipinski definition) is 8. The lowest BCUT2D eigenvalue weighted by molar-refractivity contribution is 0.283. The fraction of sp³-hybridized carbons (Fsp3) is 0.500. The van der Waals surface area contributed by atoms with Crippen molar-refractivity contribution in [3.63, 3.8) is 0 Å². The van der Waals surface area contributed by atoms with Crippen LogP contribution in [0.3, 0.4) is 0 Å². The Labute approximate surface area is 275 Å². The topological polar surface area (TPSA) is 101 Å². The van der Waals surface area contributed by atoms with Crippen molar-refractivity contribution in [2.75, 3.05) is 44.2 Å². The van der Waals surface area contributed by atoms with E-state index in [9.17, 15) is 8.42 Å². The molecular formula is C30H46Cl2N4O3S3. The number of benzene rings is 2. The summed E-state index contributed by atoms with van der Waals surface area (Å²) >= 11 is 8.65. The third-order valence-corrected chi connectivity index (χ3v) is 8.32. The van der Waals surface area contributed by atoms with E-state index in [2.05, 4.69) is 40.6 Å². The lowest BCUT2D eigenvalue weighted by atomic mass is 9.97. The molecule has 0 amide bonds. The normalized spacial score (nSPS) is 11.3. The Hall–Kier alpha value is -1.24. The number of nitrogens with one attached hydrogen (secondary N) is 1. The molecule has 0 unspecified atom stereocenters. The molecule has 0 spiro atoms. The average Bonchev–Trinajstić information content (AvgIpc) is 3.38. The summed E-state index contributed by atoms with van der Waals surface area (Å²) in [6, 6.07) is 16.5. The fourth-order valence-electron chi connectivity index (χ4n) is 4.82. The molecule has 0 saturated carbocycles. The van der Waals surface area contributed by atoms with E-state index in [4.69, 9.17) is 9.66 Å². The third-order valence-electron chi connectivity index (χ3n) is 6.97. The van der Waals surface area contributed by atoms with Crippen LogP contribution in [0.25, 0.3) is 22.4 Å². The second-order valence-corrected chi connectivity index (χ2v) is 12.5. The summed E-state index contributed by atoms with van der Waals surface area (Å²) in [5, 5.41) is 13.1. The van der Waals surface area contributed by atoms with Crippen molar-refractivity contribution in [3.8, 4) is 22.4 Å². The van der Waals surface area contributed by atoms with Crippen molar-refractivity contribution in [3.05, 3.63) is 60.4 Å². The highest BCUT2D eigenvalue weighted by molar-refractivity contribution is 7.89. The number of primary sulfonamides is 1. The van der Waals surface area contributed by atoms with Crippen LogP contribution in [0.4, 0.5) is 0 Å². The van der Waals surface area contributed by atoms with Crippen molar-refractivity contribution in [1.82, 2.24) is 15.4 Å². The molecule has 12 heteroatoms. The molecule has 0 aliphatic rings. The van der Waals surface area contributed by atoms with Crippen molar-refractivity contribution >= 4 is 60.1 Å². The maximum Gasteiger partial charge on any atom is 0.238 e. The highest BCUT2D eigenvalue weighted by Gasteiger charge is 2.20. The highest BCUT2D eigenvalue weighted by Crippen LogP contribution is 2.35. The number of aryl methyl sites for hydroxylation is 1. The summed E-state index contributed by atoms with van der Waals surface area (Å²) in [6.07, 6.45) is 9.12. The number of unbranched alkanes of at least 4 members (excludes halogenated alkanes) is 6. The summed E-state index contributed by atoms with van der Waals surface area (Å²) in [4.78, 5) is 2.59. The molecule has 2 aromatic carbocycles. The molecular weight excluding hydrogens is 631 g/mol. The first kappa shape index (κ1) is 38.8. The minimum Gasteiger partial charge on any atom is -0.360 e. The van der Waals surface area contributed by atoms with Crippen LogP contribution < -0.4 is 10.5 Å². The van der Waals surface area contributed by atoms with Crippen LogP contribution in [-0.4, -0.2) is 62.7 Å². The molecule has 42 heavy (non-hydrogen) atoms. The van der Waals surface area contributed by atoms with Gasteiger partial charge in [-0.2, -0.15) is 25.3 Å². The lowest BCUT2D eigenvalue weighted by Gasteiger charge is -2.21. The second kappa shape index (κ2) is 21.5. The largest absolute Gasteiger partial charge is 0.360 e. The zero-order valence-corrected chi connectivity index (χ0v) is 28.4. The van der Waals surface area contributed by atoms with Gasteiger partial charge in [-0.25, -0.2) is 13.6 Å². The highest BCUT2D eigenvalue weighted by atomic mass is 35.5. The van der Waals surface area contributed by atoms with Gasteiger partial charge in [-0.05, 0) is 37.1 Å². The van der Waals surface area contributed by atoms with Gasteiger partial charge in [-0.3, -0.25) is 0 Å². The molecule has 0 aliphatic heterocycles. The minimum absolute atomic E-state index is 0. The van der Waals surface area contributed by atoms with Crippen LogP contribution in [0.5, 0.6) is 0 Å². The van der Waals surface area contributed by atoms with Gasteiger partial charge in [-0.1, -0.05) is 79.7 Å². The summed E-state index contributed by atoms with van der Waals surface area (Å²) in [5.74, 6) is 2.60. The van der Waals surface area contributed by atoms with Crippen molar-refractivity contribution in [2.24, 2.45) is 5.14 Å². The maximum absolute atomic E-state index is 11.7. The van der Waals surface area contributed by atoms with Crippen LogP contribution in [0.1, 0.15) is 50.7 Å². The van der Waals surface area contributed by atoms with Gasteiger partial charge in [0.2, 0.25) is 10.0 Å². The van der Waals surface area contributed by atoms with Gasteiger partial charge in [-0.15, -0.1) is 24.8 Å².